The van der Waals surface area contributed by atoms with Crippen LogP contribution in [0.1, 0.15) is 0 Å². The molecular formula is CH2Cs2K2O3. The van der Waals surface area contributed by atoms with E-state index >= 15 is 0 Å². The van der Waals surface area contributed by atoms with Gasteiger partial charge in [0.1, 0.15) is 0 Å². The molecule has 0 aliphatic heterocycles. The van der Waals surface area contributed by atoms with E-state index in [0.717, 1.165) is 0 Å². The minimum Gasteiger partial charge on any atom is 1.00 e. The second kappa shape index (κ2) is 23.5. The summed E-state index contributed by atoms with van der Waals surface area (Å²) < 4.78 is 0. The molecule has 7 heteroatoms. The first-order valence-electron chi connectivity index (χ1n) is 0.612. The van der Waals surface area contributed by atoms with Crippen molar-refractivity contribution < 1.29 is 118 Å². The fourth-order valence-electron chi connectivity index (χ4n) is 0. The molecule has 0 N–H and O–H groups in total. The third kappa shape index (κ3) is 38.8. The molecule has 0 heterocycles. The summed E-state index contributed by atoms with van der Waals surface area (Å²) in [6, 6.07) is 0. The van der Waals surface area contributed by atoms with Crippen molar-refractivity contribution in [1.29, 1.82) is 0 Å². The second-order valence-electron chi connectivity index (χ2n) is 0.250. The van der Waals surface area contributed by atoms with E-state index in [0.29, 0.717) is 0 Å². The molecule has 0 spiro atoms. The third-order valence-electron chi connectivity index (χ3n) is 0. The molecule has 8 heavy (non-hydrogen) atoms. The molecule has 0 aromatic carbocycles. The van der Waals surface area contributed by atoms with E-state index in [2.05, 4.69) is 0 Å². The molecule has 0 aliphatic rings. The monoisotopic (exact) mass is 406 g/mol. The molecule has 0 aromatic heterocycles. The van der Waals surface area contributed by atoms with Gasteiger partial charge in [0.25, 0.3) is 0 Å². The van der Waals surface area contributed by atoms with Crippen LogP contribution in [0.25, 0.3) is 0 Å². The van der Waals surface area contributed by atoms with Crippen LogP contribution in [0.4, 0.5) is 4.79 Å². The number of rotatable bonds is 0. The van der Waals surface area contributed by atoms with Crippen molar-refractivity contribution in [2.24, 2.45) is 0 Å². The van der Waals surface area contributed by atoms with Crippen molar-refractivity contribution in [3.8, 4) is 0 Å². The molecule has 0 amide bonds. The van der Waals surface area contributed by atoms with Gasteiger partial charge in [0.2, 0.25) is 0 Å². The summed E-state index contributed by atoms with van der Waals surface area (Å²) in [7, 11) is 0. The van der Waals surface area contributed by atoms with Gasteiger partial charge in [-0.25, -0.2) is 0 Å². The van der Waals surface area contributed by atoms with Crippen LogP contribution in [-0.2, 0) is 0 Å². The number of hydrogen-bond acceptors (Lipinski definition) is 3. The van der Waals surface area contributed by atoms with Crippen molar-refractivity contribution in [3.05, 3.63) is 0 Å². The second-order valence-corrected chi connectivity index (χ2v) is 0.250. The average Bonchev–Trinajstić information content (AvgIpc) is 0.811. The first kappa shape index (κ1) is 29.3. The van der Waals surface area contributed by atoms with E-state index in [4.69, 9.17) is 15.0 Å². The van der Waals surface area contributed by atoms with E-state index < -0.39 is 6.16 Å². The topological polar surface area (TPSA) is 63.2 Å². The molecule has 3 nitrogen and oxygen atoms in total. The van der Waals surface area contributed by atoms with Crippen molar-refractivity contribution in [1.82, 2.24) is 0 Å². The molecular weight excluding hydrogens is 404 g/mol. The van der Waals surface area contributed by atoms with Crippen molar-refractivity contribution >= 4 is 144 Å². The Labute approximate surface area is 251 Å². The van der Waals surface area contributed by atoms with Gasteiger partial charge in [0, 0.05) is 0 Å². The Morgan fingerprint density at radius 3 is 1.00 bits per heavy atom. The smallest absolute Gasteiger partial charge is 1.00 e. The van der Waals surface area contributed by atoms with Gasteiger partial charge in [-0.2, -0.15) is 0 Å². The fraction of sp³-hybridized carbons (Fsp3) is 0. The quantitative estimate of drug-likeness (QED) is 0.376. The Hall–Kier alpha value is 6.65. The summed E-state index contributed by atoms with van der Waals surface area (Å²) in [5, 5.41) is 16.7. The van der Waals surface area contributed by atoms with Crippen LogP contribution < -0.4 is 113 Å². The van der Waals surface area contributed by atoms with Gasteiger partial charge in [0.15, 0.2) is 0 Å². The molecule has 0 aromatic rings. The molecule has 0 fully saturated rings. The predicted molar refractivity (Wildman–Crippen MR) is 19.7 cm³/mol. The van der Waals surface area contributed by atoms with E-state index in [-0.39, 0.29) is 241 Å². The first-order chi connectivity index (χ1) is 1.73. The molecule has 0 saturated heterocycles. The number of carbonyl (C=O) groups is 1. The Morgan fingerprint density at radius 2 is 1.00 bits per heavy atom. The zero-order valence-electron chi connectivity index (χ0n) is 3.72. The SMILES string of the molecule is O=C([O-])[O-].[CsH].[CsH].[K+].[K+]. The Bertz CT molecular complexity index is 38.3. The van der Waals surface area contributed by atoms with Crippen molar-refractivity contribution in [2.45, 2.75) is 0 Å². The molecule has 0 unspecified atom stereocenters. The van der Waals surface area contributed by atoms with Crippen LogP contribution in [-0.4, -0.2) is 144 Å². The number of carboxylic acid groups (broad SMARTS) is 2. The summed E-state index contributed by atoms with van der Waals surface area (Å²) in [6.45, 7) is 0. The van der Waals surface area contributed by atoms with Gasteiger partial charge >= 0.3 is 241 Å². The summed E-state index contributed by atoms with van der Waals surface area (Å²) in [4.78, 5) is 8.33. The minimum atomic E-state index is -2.33. The Balaban J connectivity index is -0.00000000750. The van der Waals surface area contributed by atoms with Gasteiger partial charge < -0.3 is 15.0 Å². The maximum Gasteiger partial charge on any atom is 1.00 e. The summed E-state index contributed by atoms with van der Waals surface area (Å²) in [5.41, 5.74) is 0. The van der Waals surface area contributed by atoms with Crippen molar-refractivity contribution in [2.75, 3.05) is 0 Å². The van der Waals surface area contributed by atoms with E-state index in [1.807, 2.05) is 0 Å². The maximum atomic E-state index is 8.33. The number of hydrogen-bond donors (Lipinski definition) is 0. The molecule has 28 valence electrons. The van der Waals surface area contributed by atoms with E-state index in [1.165, 1.54) is 0 Å². The third-order valence-corrected chi connectivity index (χ3v) is 0. The molecule has 0 bridgehead atoms. The maximum absolute atomic E-state index is 8.33. The van der Waals surface area contributed by atoms with E-state index in [9.17, 15) is 0 Å². The van der Waals surface area contributed by atoms with Gasteiger partial charge in [-0.05, 0) is 6.16 Å². The van der Waals surface area contributed by atoms with Gasteiger partial charge in [0.05, 0.1) is 0 Å². The van der Waals surface area contributed by atoms with Crippen LogP contribution in [0.3, 0.4) is 0 Å². The molecule has 0 radical (unpaired) electrons. The minimum absolute atomic E-state index is 0. The molecule has 0 rings (SSSR count). The van der Waals surface area contributed by atoms with Crippen LogP contribution in [0.5, 0.6) is 0 Å². The zero-order valence-corrected chi connectivity index (χ0v) is 9.97. The van der Waals surface area contributed by atoms with Gasteiger partial charge in [-0.15, -0.1) is 0 Å². The van der Waals surface area contributed by atoms with Gasteiger partial charge in [-0.1, -0.05) is 0 Å². The average molecular weight is 406 g/mol. The standard InChI is InChI=1S/CH2O3.2Cs.2K.2H/c2-1(3)4;;;;;;/h(H2,2,3,4);;;;;;/q;;;2*+1;;/p-2. The normalized spacial score (nSPS) is 3.00. The van der Waals surface area contributed by atoms with Gasteiger partial charge in [-0.3, -0.25) is 0 Å². The zero-order chi connectivity index (χ0) is 3.58. The largest absolute Gasteiger partial charge is 1.00 e. The summed E-state index contributed by atoms with van der Waals surface area (Å²) in [6.07, 6.45) is -2.33. The molecule has 0 aliphatic carbocycles. The van der Waals surface area contributed by atoms with Crippen LogP contribution in [0, 0.1) is 0 Å². The fourth-order valence-corrected chi connectivity index (χ4v) is 0. The summed E-state index contributed by atoms with van der Waals surface area (Å²) >= 11 is 0. The molecule has 0 saturated carbocycles. The Kier molecular flexibility index (Phi) is 85.9. The van der Waals surface area contributed by atoms with Crippen molar-refractivity contribution in [3.63, 3.8) is 0 Å². The van der Waals surface area contributed by atoms with Crippen LogP contribution >= 0.6 is 0 Å². The summed E-state index contributed by atoms with van der Waals surface area (Å²) in [5.74, 6) is 0. The predicted octanol–water partition coefficient (Wildman–Crippen LogP) is -9.74. The first-order valence-corrected chi connectivity index (χ1v) is 0.612. The number of carbonyl (C=O) groups excluding carboxylic acids is 1. The van der Waals surface area contributed by atoms with Crippen LogP contribution in [0.15, 0.2) is 0 Å². The Morgan fingerprint density at radius 1 is 1.00 bits per heavy atom. The molecule has 0 atom stereocenters. The van der Waals surface area contributed by atoms with E-state index in [1.54, 1.807) is 0 Å². The van der Waals surface area contributed by atoms with Crippen LogP contribution in [0.2, 0.25) is 0 Å².